The molecule has 0 heterocycles. The van der Waals surface area contributed by atoms with Crippen LogP contribution in [0, 0.1) is 5.41 Å². The first-order valence-electron chi connectivity index (χ1n) is 5.44. The summed E-state index contributed by atoms with van der Waals surface area (Å²) in [5.74, 6) is 0.264. The Morgan fingerprint density at radius 1 is 1.27 bits per heavy atom. The third-order valence-corrected chi connectivity index (χ3v) is 3.06. The Bertz CT molecular complexity index is 378. The Hall–Kier alpha value is -1.37. The van der Waals surface area contributed by atoms with Crippen molar-refractivity contribution in [2.24, 2.45) is 5.41 Å². The fourth-order valence-electron chi connectivity index (χ4n) is 2.08. The molecule has 15 heavy (non-hydrogen) atoms. The molecule has 0 aliphatic heterocycles. The second kappa shape index (κ2) is 4.01. The maximum absolute atomic E-state index is 11.1. The van der Waals surface area contributed by atoms with Crippen LogP contribution >= 0.6 is 0 Å². The lowest BCUT2D eigenvalue weighted by molar-refractivity contribution is -0.115. The summed E-state index contributed by atoms with van der Waals surface area (Å²) >= 11 is 0. The van der Waals surface area contributed by atoms with Crippen molar-refractivity contribution in [1.29, 1.82) is 0 Å². The molecule has 0 fully saturated rings. The molecule has 1 heteroatoms. The molecule has 0 saturated carbocycles. The maximum Gasteiger partial charge on any atom is 0.155 e. The number of rotatable bonds is 2. The normalized spacial score (nSPS) is 25.5. The number of benzene rings is 1. The van der Waals surface area contributed by atoms with Gasteiger partial charge in [-0.05, 0) is 29.9 Å². The summed E-state index contributed by atoms with van der Waals surface area (Å²) in [4.78, 5) is 11.1. The molecule has 1 aromatic rings. The standard InChI is InChI=1S/C14H16O/c1-14(9-7-13(15)8-10-14)11-12-5-3-2-4-6-12/h2-7,9H,8,10-11H2,1H3/t14-/m0/s1. The van der Waals surface area contributed by atoms with Crippen molar-refractivity contribution in [2.45, 2.75) is 26.2 Å². The third kappa shape index (κ3) is 2.56. The van der Waals surface area contributed by atoms with Gasteiger partial charge in [0.1, 0.15) is 0 Å². The zero-order valence-corrected chi connectivity index (χ0v) is 9.07. The van der Waals surface area contributed by atoms with E-state index in [9.17, 15) is 4.79 Å². The molecule has 1 aromatic carbocycles. The lowest BCUT2D eigenvalue weighted by atomic mass is 9.76. The van der Waals surface area contributed by atoms with Gasteiger partial charge in [-0.1, -0.05) is 43.3 Å². The quantitative estimate of drug-likeness (QED) is 0.716. The van der Waals surface area contributed by atoms with Gasteiger partial charge in [0.25, 0.3) is 0 Å². The van der Waals surface area contributed by atoms with Gasteiger partial charge < -0.3 is 0 Å². The molecule has 1 aliphatic rings. The van der Waals surface area contributed by atoms with Crippen LogP contribution in [0.15, 0.2) is 42.5 Å². The summed E-state index contributed by atoms with van der Waals surface area (Å²) in [5.41, 5.74) is 1.51. The Morgan fingerprint density at radius 3 is 2.60 bits per heavy atom. The summed E-state index contributed by atoms with van der Waals surface area (Å²) < 4.78 is 0. The Balaban J connectivity index is 2.12. The predicted octanol–water partition coefficient (Wildman–Crippen LogP) is 3.15. The van der Waals surface area contributed by atoms with Crippen molar-refractivity contribution < 1.29 is 4.79 Å². The minimum atomic E-state index is 0.162. The van der Waals surface area contributed by atoms with Gasteiger partial charge in [0, 0.05) is 6.42 Å². The molecule has 1 nitrogen and oxygen atoms in total. The van der Waals surface area contributed by atoms with Crippen LogP contribution in [0.2, 0.25) is 0 Å². The van der Waals surface area contributed by atoms with E-state index in [2.05, 4.69) is 37.3 Å². The first-order chi connectivity index (χ1) is 7.18. The van der Waals surface area contributed by atoms with E-state index in [1.807, 2.05) is 6.07 Å². The van der Waals surface area contributed by atoms with Gasteiger partial charge in [-0.15, -0.1) is 0 Å². The highest BCUT2D eigenvalue weighted by Gasteiger charge is 2.25. The average molecular weight is 200 g/mol. The monoisotopic (exact) mass is 200 g/mol. The van der Waals surface area contributed by atoms with E-state index in [1.165, 1.54) is 5.56 Å². The fraction of sp³-hybridized carbons (Fsp3) is 0.357. The van der Waals surface area contributed by atoms with E-state index in [-0.39, 0.29) is 11.2 Å². The average Bonchev–Trinajstić information content (AvgIpc) is 2.24. The van der Waals surface area contributed by atoms with Crippen molar-refractivity contribution in [2.75, 3.05) is 0 Å². The van der Waals surface area contributed by atoms with Gasteiger partial charge in [-0.25, -0.2) is 0 Å². The topological polar surface area (TPSA) is 17.1 Å². The third-order valence-electron chi connectivity index (χ3n) is 3.06. The molecule has 0 radical (unpaired) electrons. The number of hydrogen-bond donors (Lipinski definition) is 0. The first-order valence-corrected chi connectivity index (χ1v) is 5.44. The van der Waals surface area contributed by atoms with Gasteiger partial charge in [-0.2, -0.15) is 0 Å². The molecule has 0 amide bonds. The zero-order valence-electron chi connectivity index (χ0n) is 9.07. The maximum atomic E-state index is 11.1. The van der Waals surface area contributed by atoms with E-state index in [1.54, 1.807) is 6.08 Å². The number of carbonyl (C=O) groups is 1. The first kappa shape index (κ1) is 10.2. The molecule has 0 aromatic heterocycles. The largest absolute Gasteiger partial charge is 0.295 e. The lowest BCUT2D eigenvalue weighted by Crippen LogP contribution is -2.21. The van der Waals surface area contributed by atoms with E-state index in [4.69, 9.17) is 0 Å². The molecule has 2 rings (SSSR count). The molecule has 0 spiro atoms. The molecule has 0 bridgehead atoms. The van der Waals surface area contributed by atoms with Crippen LogP contribution < -0.4 is 0 Å². The van der Waals surface area contributed by atoms with Crippen molar-refractivity contribution in [3.8, 4) is 0 Å². The van der Waals surface area contributed by atoms with Crippen molar-refractivity contribution in [3.05, 3.63) is 48.0 Å². The molecular formula is C14H16O. The van der Waals surface area contributed by atoms with Crippen LogP contribution in [-0.4, -0.2) is 5.78 Å². The predicted molar refractivity (Wildman–Crippen MR) is 61.6 cm³/mol. The summed E-state index contributed by atoms with van der Waals surface area (Å²) in [6, 6.07) is 10.5. The highest BCUT2D eigenvalue weighted by molar-refractivity contribution is 5.90. The molecular weight excluding hydrogens is 184 g/mol. The highest BCUT2D eigenvalue weighted by Crippen LogP contribution is 2.32. The van der Waals surface area contributed by atoms with Gasteiger partial charge in [0.2, 0.25) is 0 Å². The fourth-order valence-corrected chi connectivity index (χ4v) is 2.08. The van der Waals surface area contributed by atoms with Crippen LogP contribution in [0.5, 0.6) is 0 Å². The highest BCUT2D eigenvalue weighted by atomic mass is 16.1. The van der Waals surface area contributed by atoms with Crippen LogP contribution in [0.25, 0.3) is 0 Å². The van der Waals surface area contributed by atoms with Crippen LogP contribution in [0.1, 0.15) is 25.3 Å². The Kier molecular flexibility index (Phi) is 2.72. The summed E-state index contributed by atoms with van der Waals surface area (Å²) in [7, 11) is 0. The summed E-state index contributed by atoms with van der Waals surface area (Å²) in [5, 5.41) is 0. The smallest absolute Gasteiger partial charge is 0.155 e. The van der Waals surface area contributed by atoms with Crippen LogP contribution in [-0.2, 0) is 11.2 Å². The zero-order chi connectivity index (χ0) is 10.7. The number of carbonyl (C=O) groups excluding carboxylic acids is 1. The van der Waals surface area contributed by atoms with Gasteiger partial charge >= 0.3 is 0 Å². The second-order valence-corrected chi connectivity index (χ2v) is 4.62. The van der Waals surface area contributed by atoms with Crippen molar-refractivity contribution in [1.82, 2.24) is 0 Å². The number of allylic oxidation sites excluding steroid dienone is 2. The molecule has 0 unspecified atom stereocenters. The lowest BCUT2D eigenvalue weighted by Gasteiger charge is -2.28. The van der Waals surface area contributed by atoms with E-state index in [0.717, 1.165) is 12.8 Å². The van der Waals surface area contributed by atoms with Gasteiger partial charge in [0.05, 0.1) is 0 Å². The minimum Gasteiger partial charge on any atom is -0.295 e. The SMILES string of the molecule is C[C@]1(Cc2ccccc2)C=CC(=O)CC1. The summed E-state index contributed by atoms with van der Waals surface area (Å²) in [6.07, 6.45) is 6.51. The van der Waals surface area contributed by atoms with Crippen molar-refractivity contribution >= 4 is 5.78 Å². The van der Waals surface area contributed by atoms with Gasteiger partial charge in [0.15, 0.2) is 5.78 Å². The van der Waals surface area contributed by atoms with Gasteiger partial charge in [-0.3, -0.25) is 4.79 Å². The minimum absolute atomic E-state index is 0.162. The van der Waals surface area contributed by atoms with Crippen LogP contribution in [0.3, 0.4) is 0 Å². The number of ketones is 1. The molecule has 1 aliphatic carbocycles. The molecule has 0 saturated heterocycles. The van der Waals surface area contributed by atoms with Crippen molar-refractivity contribution in [3.63, 3.8) is 0 Å². The van der Waals surface area contributed by atoms with E-state index < -0.39 is 0 Å². The molecule has 0 N–H and O–H groups in total. The second-order valence-electron chi connectivity index (χ2n) is 4.62. The number of hydrogen-bond acceptors (Lipinski definition) is 1. The van der Waals surface area contributed by atoms with Crippen LogP contribution in [0.4, 0.5) is 0 Å². The Labute approximate surface area is 90.8 Å². The Morgan fingerprint density at radius 2 is 2.00 bits per heavy atom. The summed E-state index contributed by atoms with van der Waals surface area (Å²) in [6.45, 7) is 2.23. The van der Waals surface area contributed by atoms with E-state index in [0.29, 0.717) is 6.42 Å². The molecule has 1 atom stereocenters. The molecule has 78 valence electrons. The van der Waals surface area contributed by atoms with E-state index >= 15 is 0 Å².